The minimum Gasteiger partial charge on any atom is -0.465 e. The molecule has 0 bridgehead atoms. The zero-order valence-electron chi connectivity index (χ0n) is 15.8. The highest BCUT2D eigenvalue weighted by atomic mass is 35.5. The van der Waals surface area contributed by atoms with E-state index in [1.165, 1.54) is 49.6 Å². The summed E-state index contributed by atoms with van der Waals surface area (Å²) in [6.07, 6.45) is 0. The first kappa shape index (κ1) is 21.4. The SMILES string of the molecule is COC(=O)c1ccc(NC(=O)c2ccc(NS(=O)(=O)c3ccccc3)c(Cl)c2)cc1. The van der Waals surface area contributed by atoms with Crippen LogP contribution in [0.3, 0.4) is 0 Å². The predicted octanol–water partition coefficient (Wildman–Crippen LogP) is 4.18. The number of hydrogen-bond donors (Lipinski definition) is 2. The number of sulfonamides is 1. The van der Waals surface area contributed by atoms with Crippen LogP contribution in [-0.2, 0) is 14.8 Å². The minimum absolute atomic E-state index is 0.0724. The van der Waals surface area contributed by atoms with Crippen LogP contribution in [0.5, 0.6) is 0 Å². The van der Waals surface area contributed by atoms with E-state index in [1.807, 2.05) is 0 Å². The third-order valence-corrected chi connectivity index (χ3v) is 5.79. The zero-order valence-corrected chi connectivity index (χ0v) is 17.3. The van der Waals surface area contributed by atoms with E-state index in [0.29, 0.717) is 11.3 Å². The molecule has 0 aliphatic rings. The molecule has 0 aliphatic heterocycles. The van der Waals surface area contributed by atoms with Gasteiger partial charge in [0.15, 0.2) is 0 Å². The maximum Gasteiger partial charge on any atom is 0.337 e. The van der Waals surface area contributed by atoms with Gasteiger partial charge in [-0.2, -0.15) is 0 Å². The van der Waals surface area contributed by atoms with Gasteiger partial charge in [0.25, 0.3) is 15.9 Å². The van der Waals surface area contributed by atoms with E-state index in [4.69, 9.17) is 11.6 Å². The molecule has 0 heterocycles. The highest BCUT2D eigenvalue weighted by Gasteiger charge is 2.16. The van der Waals surface area contributed by atoms with Crippen LogP contribution < -0.4 is 10.0 Å². The molecule has 3 rings (SSSR count). The van der Waals surface area contributed by atoms with Gasteiger partial charge in [-0.3, -0.25) is 9.52 Å². The van der Waals surface area contributed by atoms with E-state index in [-0.39, 0.29) is 21.2 Å². The molecule has 154 valence electrons. The fourth-order valence-corrected chi connectivity index (χ4v) is 3.94. The zero-order chi connectivity index (χ0) is 21.7. The Morgan fingerprint density at radius 3 is 2.13 bits per heavy atom. The standard InChI is InChI=1S/C21H17ClN2O5S/c1-29-21(26)14-7-10-16(11-8-14)23-20(25)15-9-12-19(18(22)13-15)24-30(27,28)17-5-3-2-4-6-17/h2-13,24H,1H3,(H,23,25). The number of benzene rings is 3. The molecule has 0 unspecified atom stereocenters. The average Bonchev–Trinajstić information content (AvgIpc) is 2.75. The van der Waals surface area contributed by atoms with Gasteiger partial charge in [-0.25, -0.2) is 13.2 Å². The molecule has 0 spiro atoms. The van der Waals surface area contributed by atoms with E-state index in [9.17, 15) is 18.0 Å². The summed E-state index contributed by atoms with van der Waals surface area (Å²) in [5, 5.41) is 2.75. The topological polar surface area (TPSA) is 102 Å². The van der Waals surface area contributed by atoms with Crippen molar-refractivity contribution in [2.75, 3.05) is 17.1 Å². The number of anilines is 2. The maximum absolute atomic E-state index is 12.5. The summed E-state index contributed by atoms with van der Waals surface area (Å²) < 4.78 is 31.9. The van der Waals surface area contributed by atoms with E-state index < -0.39 is 21.9 Å². The Morgan fingerprint density at radius 2 is 1.53 bits per heavy atom. The molecular formula is C21H17ClN2O5S. The number of hydrogen-bond acceptors (Lipinski definition) is 5. The molecule has 0 radical (unpaired) electrons. The van der Waals surface area contributed by atoms with Gasteiger partial charge in [0, 0.05) is 11.3 Å². The van der Waals surface area contributed by atoms with Crippen molar-refractivity contribution < 1.29 is 22.7 Å². The summed E-state index contributed by atoms with van der Waals surface area (Å²) in [7, 11) is -2.52. The number of carbonyl (C=O) groups is 2. The van der Waals surface area contributed by atoms with Crippen LogP contribution in [0.2, 0.25) is 5.02 Å². The molecule has 9 heteroatoms. The molecule has 3 aromatic carbocycles. The maximum atomic E-state index is 12.5. The molecule has 0 fully saturated rings. The van der Waals surface area contributed by atoms with Crippen molar-refractivity contribution in [3.63, 3.8) is 0 Å². The fourth-order valence-electron chi connectivity index (χ4n) is 2.55. The second-order valence-electron chi connectivity index (χ2n) is 6.14. The van der Waals surface area contributed by atoms with Crippen molar-refractivity contribution in [2.24, 2.45) is 0 Å². The Hall–Kier alpha value is -3.36. The van der Waals surface area contributed by atoms with Crippen molar-refractivity contribution in [3.05, 3.63) is 88.9 Å². The lowest BCUT2D eigenvalue weighted by Gasteiger charge is -2.11. The summed E-state index contributed by atoms with van der Waals surface area (Å²) >= 11 is 6.18. The highest BCUT2D eigenvalue weighted by Crippen LogP contribution is 2.26. The first-order chi connectivity index (χ1) is 14.3. The van der Waals surface area contributed by atoms with Crippen molar-refractivity contribution in [1.29, 1.82) is 0 Å². The van der Waals surface area contributed by atoms with Crippen LogP contribution in [0.4, 0.5) is 11.4 Å². The normalized spacial score (nSPS) is 10.9. The van der Waals surface area contributed by atoms with Gasteiger partial charge in [-0.1, -0.05) is 29.8 Å². The van der Waals surface area contributed by atoms with Crippen LogP contribution >= 0.6 is 11.6 Å². The van der Waals surface area contributed by atoms with E-state index in [2.05, 4.69) is 14.8 Å². The number of rotatable bonds is 6. The fraction of sp³-hybridized carbons (Fsp3) is 0.0476. The highest BCUT2D eigenvalue weighted by molar-refractivity contribution is 7.92. The van der Waals surface area contributed by atoms with Gasteiger partial charge in [0.2, 0.25) is 0 Å². The summed E-state index contributed by atoms with van der Waals surface area (Å²) in [6.45, 7) is 0. The Bertz CT molecular complexity index is 1180. The summed E-state index contributed by atoms with van der Waals surface area (Å²) in [5.41, 5.74) is 1.21. The summed E-state index contributed by atoms with van der Waals surface area (Å²) in [4.78, 5) is 24.0. The van der Waals surface area contributed by atoms with Crippen molar-refractivity contribution in [1.82, 2.24) is 0 Å². The number of esters is 1. The molecule has 2 N–H and O–H groups in total. The Morgan fingerprint density at radius 1 is 0.900 bits per heavy atom. The van der Waals surface area contributed by atoms with Crippen molar-refractivity contribution >= 4 is 44.9 Å². The summed E-state index contributed by atoms with van der Waals surface area (Å²) in [5.74, 6) is -0.923. The second kappa shape index (κ2) is 8.98. The van der Waals surface area contributed by atoms with Crippen molar-refractivity contribution in [3.8, 4) is 0 Å². The van der Waals surface area contributed by atoms with Crippen LogP contribution in [0, 0.1) is 0 Å². The summed E-state index contributed by atoms with van der Waals surface area (Å²) in [6, 6.07) is 18.3. The third-order valence-electron chi connectivity index (χ3n) is 4.09. The molecule has 0 atom stereocenters. The molecule has 0 aromatic heterocycles. The number of carbonyl (C=O) groups excluding carboxylic acids is 2. The third kappa shape index (κ3) is 4.97. The van der Waals surface area contributed by atoms with E-state index in [0.717, 1.165) is 0 Å². The monoisotopic (exact) mass is 444 g/mol. The molecule has 3 aromatic rings. The van der Waals surface area contributed by atoms with Crippen LogP contribution in [0.15, 0.2) is 77.7 Å². The molecule has 0 aliphatic carbocycles. The van der Waals surface area contributed by atoms with Gasteiger partial charge in [-0.15, -0.1) is 0 Å². The number of amides is 1. The number of halogens is 1. The Labute approximate surface area is 178 Å². The molecule has 30 heavy (non-hydrogen) atoms. The van der Waals surface area contributed by atoms with E-state index >= 15 is 0 Å². The first-order valence-electron chi connectivity index (χ1n) is 8.67. The van der Waals surface area contributed by atoms with Crippen LogP contribution in [0.1, 0.15) is 20.7 Å². The second-order valence-corrected chi connectivity index (χ2v) is 8.23. The molecular weight excluding hydrogens is 428 g/mol. The van der Waals surface area contributed by atoms with Gasteiger partial charge in [-0.05, 0) is 54.6 Å². The van der Waals surface area contributed by atoms with E-state index in [1.54, 1.807) is 30.3 Å². The first-order valence-corrected chi connectivity index (χ1v) is 10.5. The number of ether oxygens (including phenoxy) is 1. The Balaban J connectivity index is 1.73. The lowest BCUT2D eigenvalue weighted by Crippen LogP contribution is -2.15. The predicted molar refractivity (Wildman–Crippen MR) is 114 cm³/mol. The molecule has 0 saturated heterocycles. The van der Waals surface area contributed by atoms with Gasteiger partial charge in [0.05, 0.1) is 28.3 Å². The lowest BCUT2D eigenvalue weighted by molar-refractivity contribution is 0.0600. The largest absolute Gasteiger partial charge is 0.465 e. The van der Waals surface area contributed by atoms with Gasteiger partial charge in [0.1, 0.15) is 0 Å². The molecule has 0 saturated carbocycles. The minimum atomic E-state index is -3.80. The van der Waals surface area contributed by atoms with Gasteiger partial charge >= 0.3 is 5.97 Å². The number of nitrogens with one attached hydrogen (secondary N) is 2. The molecule has 1 amide bonds. The number of methoxy groups -OCH3 is 1. The molecule has 7 nitrogen and oxygen atoms in total. The smallest absolute Gasteiger partial charge is 0.337 e. The van der Waals surface area contributed by atoms with Crippen LogP contribution in [-0.4, -0.2) is 27.4 Å². The average molecular weight is 445 g/mol. The van der Waals surface area contributed by atoms with Crippen molar-refractivity contribution in [2.45, 2.75) is 4.90 Å². The van der Waals surface area contributed by atoms with Gasteiger partial charge < -0.3 is 10.1 Å². The van der Waals surface area contributed by atoms with Crippen LogP contribution in [0.25, 0.3) is 0 Å². The quantitative estimate of drug-likeness (QED) is 0.555. The lowest BCUT2D eigenvalue weighted by atomic mass is 10.1. The Kier molecular flexibility index (Phi) is 6.39.